The van der Waals surface area contributed by atoms with Gasteiger partial charge in [0.25, 0.3) is 0 Å². The average molecular weight is 229 g/mol. The molecule has 1 amide bonds. The number of ether oxygens (including phenoxy) is 1. The molecule has 3 unspecified atom stereocenters. The van der Waals surface area contributed by atoms with E-state index in [0.29, 0.717) is 19.1 Å². The van der Waals surface area contributed by atoms with Gasteiger partial charge in [0.05, 0.1) is 18.6 Å². The van der Waals surface area contributed by atoms with Crippen molar-refractivity contribution in [2.45, 2.75) is 39.2 Å². The molecule has 1 aliphatic heterocycles. The largest absolute Gasteiger partial charge is 0.396 e. The summed E-state index contributed by atoms with van der Waals surface area (Å²) in [5, 5.41) is 11.8. The van der Waals surface area contributed by atoms with Crippen molar-refractivity contribution >= 4 is 5.91 Å². The van der Waals surface area contributed by atoms with Crippen LogP contribution in [-0.2, 0) is 9.53 Å². The molecule has 0 aliphatic carbocycles. The van der Waals surface area contributed by atoms with Crippen LogP contribution < -0.4 is 5.32 Å². The number of hydrogen-bond acceptors (Lipinski definition) is 3. The molecule has 4 nitrogen and oxygen atoms in total. The molecule has 16 heavy (non-hydrogen) atoms. The number of aliphatic hydroxyl groups is 1. The summed E-state index contributed by atoms with van der Waals surface area (Å²) in [7, 11) is 0. The van der Waals surface area contributed by atoms with E-state index in [2.05, 4.69) is 12.2 Å². The van der Waals surface area contributed by atoms with Crippen molar-refractivity contribution in [1.29, 1.82) is 0 Å². The summed E-state index contributed by atoms with van der Waals surface area (Å²) in [6.07, 6.45) is 2.77. The van der Waals surface area contributed by atoms with Crippen molar-refractivity contribution in [3.8, 4) is 0 Å². The van der Waals surface area contributed by atoms with Crippen LogP contribution in [0.4, 0.5) is 0 Å². The summed E-state index contributed by atoms with van der Waals surface area (Å²) in [4.78, 5) is 11.8. The zero-order chi connectivity index (χ0) is 12.0. The number of carbonyl (C=O) groups excluding carboxylic acids is 1. The molecule has 94 valence electrons. The molecule has 0 aromatic rings. The number of aliphatic hydroxyl groups excluding tert-OH is 1. The van der Waals surface area contributed by atoms with E-state index in [1.165, 1.54) is 0 Å². The predicted octanol–water partition coefficient (Wildman–Crippen LogP) is 0.936. The van der Waals surface area contributed by atoms with Crippen LogP contribution in [0.1, 0.15) is 33.1 Å². The van der Waals surface area contributed by atoms with Crippen molar-refractivity contribution in [2.24, 2.45) is 11.8 Å². The predicted molar refractivity (Wildman–Crippen MR) is 62.0 cm³/mol. The quantitative estimate of drug-likeness (QED) is 0.712. The molecule has 1 aliphatic rings. The Morgan fingerprint density at radius 1 is 1.62 bits per heavy atom. The second-order valence-corrected chi connectivity index (χ2v) is 4.61. The number of rotatable bonds is 6. The van der Waals surface area contributed by atoms with Crippen molar-refractivity contribution in [3.05, 3.63) is 0 Å². The minimum Gasteiger partial charge on any atom is -0.396 e. The highest BCUT2D eigenvalue weighted by atomic mass is 16.5. The summed E-state index contributed by atoms with van der Waals surface area (Å²) < 4.78 is 5.37. The molecule has 4 heteroatoms. The Bertz CT molecular complexity index is 220. The summed E-state index contributed by atoms with van der Waals surface area (Å²) in [6.45, 7) is 5.48. The lowest BCUT2D eigenvalue weighted by Crippen LogP contribution is -2.34. The first-order valence-corrected chi connectivity index (χ1v) is 6.17. The summed E-state index contributed by atoms with van der Waals surface area (Å²) in [5.41, 5.74) is 0. The maximum atomic E-state index is 11.8. The van der Waals surface area contributed by atoms with Gasteiger partial charge in [-0.25, -0.2) is 0 Å². The minimum atomic E-state index is 0.0154. The molecule has 1 fully saturated rings. The molecular weight excluding hydrogens is 206 g/mol. The summed E-state index contributed by atoms with van der Waals surface area (Å²) in [5.74, 6) is 0.496. The van der Waals surface area contributed by atoms with Gasteiger partial charge in [0.1, 0.15) is 0 Å². The van der Waals surface area contributed by atoms with Crippen LogP contribution in [0.15, 0.2) is 0 Å². The Kier molecular flexibility index (Phi) is 5.77. The van der Waals surface area contributed by atoms with E-state index >= 15 is 0 Å². The molecule has 1 saturated heterocycles. The molecule has 0 aromatic heterocycles. The molecule has 0 spiro atoms. The van der Waals surface area contributed by atoms with Gasteiger partial charge in [-0.2, -0.15) is 0 Å². The third kappa shape index (κ3) is 4.10. The third-order valence-electron chi connectivity index (χ3n) is 3.25. The molecule has 1 heterocycles. The van der Waals surface area contributed by atoms with Gasteiger partial charge in [0.15, 0.2) is 0 Å². The average Bonchev–Trinajstić information content (AvgIpc) is 2.70. The Balaban J connectivity index is 2.23. The lowest BCUT2D eigenvalue weighted by Gasteiger charge is -2.16. The van der Waals surface area contributed by atoms with Crippen LogP contribution in [0.2, 0.25) is 0 Å². The monoisotopic (exact) mass is 229 g/mol. The zero-order valence-electron chi connectivity index (χ0n) is 10.2. The topological polar surface area (TPSA) is 58.6 Å². The number of nitrogens with one attached hydrogen (secondary N) is 1. The van der Waals surface area contributed by atoms with E-state index in [-0.39, 0.29) is 24.5 Å². The van der Waals surface area contributed by atoms with Gasteiger partial charge in [-0.3, -0.25) is 4.79 Å². The van der Waals surface area contributed by atoms with Gasteiger partial charge < -0.3 is 15.2 Å². The molecule has 0 radical (unpaired) electrons. The van der Waals surface area contributed by atoms with Crippen LogP contribution in [-0.4, -0.2) is 36.9 Å². The Hall–Kier alpha value is -0.610. The zero-order valence-corrected chi connectivity index (χ0v) is 10.2. The van der Waals surface area contributed by atoms with Crippen LogP contribution in [0.3, 0.4) is 0 Å². The van der Waals surface area contributed by atoms with Crippen molar-refractivity contribution in [3.63, 3.8) is 0 Å². The van der Waals surface area contributed by atoms with E-state index in [1.54, 1.807) is 0 Å². The van der Waals surface area contributed by atoms with E-state index in [0.717, 1.165) is 19.3 Å². The van der Waals surface area contributed by atoms with Crippen LogP contribution in [0, 0.1) is 11.8 Å². The second-order valence-electron chi connectivity index (χ2n) is 4.61. The Morgan fingerprint density at radius 2 is 2.38 bits per heavy atom. The van der Waals surface area contributed by atoms with Gasteiger partial charge in [0.2, 0.25) is 5.91 Å². The van der Waals surface area contributed by atoms with Gasteiger partial charge in [-0.15, -0.1) is 0 Å². The van der Waals surface area contributed by atoms with Crippen molar-refractivity contribution in [2.75, 3.05) is 19.8 Å². The van der Waals surface area contributed by atoms with Crippen LogP contribution in [0.25, 0.3) is 0 Å². The lowest BCUT2D eigenvalue weighted by molar-refractivity contribution is -0.125. The molecule has 2 N–H and O–H groups in total. The third-order valence-corrected chi connectivity index (χ3v) is 3.25. The van der Waals surface area contributed by atoms with Gasteiger partial charge >= 0.3 is 0 Å². The highest BCUT2D eigenvalue weighted by molar-refractivity contribution is 5.79. The highest BCUT2D eigenvalue weighted by Gasteiger charge is 2.28. The molecule has 0 saturated carbocycles. The first-order valence-electron chi connectivity index (χ1n) is 6.17. The first kappa shape index (κ1) is 13.5. The second kappa shape index (κ2) is 6.86. The van der Waals surface area contributed by atoms with Crippen molar-refractivity contribution in [1.82, 2.24) is 5.32 Å². The number of hydrogen-bond donors (Lipinski definition) is 2. The molecule has 0 aromatic carbocycles. The maximum absolute atomic E-state index is 11.8. The van der Waals surface area contributed by atoms with E-state index in [9.17, 15) is 4.79 Å². The standard InChI is InChI=1S/C12H23NO3/c1-3-10(4-5-14)7-13-12(15)11-6-9(2)16-8-11/h9-11,14H,3-8H2,1-2H3,(H,13,15). The van der Waals surface area contributed by atoms with Gasteiger partial charge in [-0.1, -0.05) is 13.3 Å². The fourth-order valence-corrected chi connectivity index (χ4v) is 2.02. The Labute approximate surface area is 97.4 Å². The van der Waals surface area contributed by atoms with Gasteiger partial charge in [0, 0.05) is 13.2 Å². The molecule has 0 bridgehead atoms. The van der Waals surface area contributed by atoms with E-state index < -0.39 is 0 Å². The lowest BCUT2D eigenvalue weighted by atomic mass is 10.0. The van der Waals surface area contributed by atoms with E-state index in [4.69, 9.17) is 9.84 Å². The molecule has 3 atom stereocenters. The van der Waals surface area contributed by atoms with Crippen LogP contribution in [0.5, 0.6) is 0 Å². The highest BCUT2D eigenvalue weighted by Crippen LogP contribution is 2.19. The van der Waals surface area contributed by atoms with Crippen LogP contribution >= 0.6 is 0 Å². The fourth-order valence-electron chi connectivity index (χ4n) is 2.02. The molecular formula is C12H23NO3. The SMILES string of the molecule is CCC(CCO)CNC(=O)C1COC(C)C1. The number of carbonyl (C=O) groups is 1. The summed E-state index contributed by atoms with van der Waals surface area (Å²) >= 11 is 0. The Morgan fingerprint density at radius 3 is 2.88 bits per heavy atom. The first-order chi connectivity index (χ1) is 7.67. The smallest absolute Gasteiger partial charge is 0.225 e. The van der Waals surface area contributed by atoms with Crippen molar-refractivity contribution < 1.29 is 14.6 Å². The summed E-state index contributed by atoms with van der Waals surface area (Å²) in [6, 6.07) is 0. The minimum absolute atomic E-state index is 0.0154. The fraction of sp³-hybridized carbons (Fsp3) is 0.917. The normalized spacial score (nSPS) is 26.7. The van der Waals surface area contributed by atoms with Gasteiger partial charge in [-0.05, 0) is 25.7 Å². The number of amides is 1. The maximum Gasteiger partial charge on any atom is 0.225 e. The van der Waals surface area contributed by atoms with E-state index in [1.807, 2.05) is 6.92 Å². The molecule has 1 rings (SSSR count).